The molecule has 0 amide bonds. The highest BCUT2D eigenvalue weighted by Crippen LogP contribution is 2.06. The van der Waals surface area contributed by atoms with E-state index in [2.05, 4.69) is 16.3 Å². The molecule has 1 N–H and O–H groups in total. The maximum absolute atomic E-state index is 10.1. The molecule has 0 atom stereocenters. The number of hydrogen-bond donors (Lipinski definition) is 1. The van der Waals surface area contributed by atoms with Gasteiger partial charge >= 0.3 is 5.97 Å². The van der Waals surface area contributed by atoms with E-state index in [-0.39, 0.29) is 13.2 Å². The Labute approximate surface area is 99.1 Å². The summed E-state index contributed by atoms with van der Waals surface area (Å²) >= 11 is 0. The second kappa shape index (κ2) is 10.3. The second-order valence-electron chi connectivity index (χ2n) is 2.63. The van der Waals surface area contributed by atoms with Gasteiger partial charge in [0, 0.05) is 6.08 Å². The molecule has 0 heterocycles. The highest BCUT2D eigenvalue weighted by atomic mass is 16.5. The first-order valence-electron chi connectivity index (χ1n) is 4.77. The smallest absolute Gasteiger partial charge is 0.330 e. The van der Waals surface area contributed by atoms with E-state index in [1.807, 2.05) is 18.2 Å². The van der Waals surface area contributed by atoms with Crippen molar-refractivity contribution in [2.75, 3.05) is 13.2 Å². The van der Waals surface area contributed by atoms with Crippen molar-refractivity contribution in [3.63, 3.8) is 0 Å². The number of isocyanates is 1. The van der Waals surface area contributed by atoms with E-state index in [1.165, 1.54) is 6.08 Å². The number of hydrogen-bond acceptors (Lipinski definition) is 5. The number of carbonyl (C=O) groups excluding carboxylic acids is 2. The lowest BCUT2D eigenvalue weighted by Gasteiger charge is -1.94. The number of esters is 1. The molecule has 5 heteroatoms. The van der Waals surface area contributed by atoms with Crippen molar-refractivity contribution in [1.29, 1.82) is 0 Å². The highest BCUT2D eigenvalue weighted by Gasteiger charge is 1.90. The van der Waals surface area contributed by atoms with Crippen molar-refractivity contribution in [2.24, 2.45) is 4.99 Å². The second-order valence-corrected chi connectivity index (χ2v) is 2.63. The van der Waals surface area contributed by atoms with Crippen LogP contribution < -0.4 is 0 Å². The molecule has 0 spiro atoms. The van der Waals surface area contributed by atoms with E-state index in [1.54, 1.807) is 12.1 Å². The molecular formula is C12H13NO4. The van der Waals surface area contributed by atoms with Crippen LogP contribution in [0.4, 0.5) is 5.69 Å². The van der Waals surface area contributed by atoms with Crippen LogP contribution in [0.1, 0.15) is 0 Å². The third-order valence-corrected chi connectivity index (χ3v) is 1.43. The fourth-order valence-corrected chi connectivity index (χ4v) is 0.760. The van der Waals surface area contributed by atoms with Crippen LogP contribution >= 0.6 is 0 Å². The van der Waals surface area contributed by atoms with Crippen LogP contribution in [-0.2, 0) is 14.3 Å². The SMILES string of the molecule is C=CC(=O)OCCO.O=C=Nc1ccccc1. The Morgan fingerprint density at radius 3 is 2.59 bits per heavy atom. The van der Waals surface area contributed by atoms with Crippen LogP contribution in [0, 0.1) is 0 Å². The number of carbonyl (C=O) groups is 1. The molecule has 0 bridgehead atoms. The molecule has 0 aromatic heterocycles. The molecule has 17 heavy (non-hydrogen) atoms. The van der Waals surface area contributed by atoms with Crippen LogP contribution in [0.15, 0.2) is 48.0 Å². The van der Waals surface area contributed by atoms with E-state index >= 15 is 0 Å². The summed E-state index contributed by atoms with van der Waals surface area (Å²) in [6.07, 6.45) is 2.51. The summed E-state index contributed by atoms with van der Waals surface area (Å²) in [7, 11) is 0. The largest absolute Gasteiger partial charge is 0.460 e. The van der Waals surface area contributed by atoms with Crippen LogP contribution in [-0.4, -0.2) is 30.4 Å². The van der Waals surface area contributed by atoms with Gasteiger partial charge in [-0.15, -0.1) is 0 Å². The van der Waals surface area contributed by atoms with Gasteiger partial charge in [0.1, 0.15) is 6.61 Å². The predicted molar refractivity (Wildman–Crippen MR) is 62.5 cm³/mol. The predicted octanol–water partition coefficient (Wildman–Crippen LogP) is 1.36. The molecule has 90 valence electrons. The number of aliphatic imine (C=N–C) groups is 1. The van der Waals surface area contributed by atoms with Crippen molar-refractivity contribution in [1.82, 2.24) is 0 Å². The number of rotatable bonds is 4. The van der Waals surface area contributed by atoms with E-state index in [4.69, 9.17) is 5.11 Å². The van der Waals surface area contributed by atoms with Gasteiger partial charge in [0.2, 0.25) is 6.08 Å². The molecule has 0 aliphatic heterocycles. The third kappa shape index (κ3) is 8.74. The maximum Gasteiger partial charge on any atom is 0.330 e. The van der Waals surface area contributed by atoms with Gasteiger partial charge in [-0.05, 0) is 12.1 Å². The molecule has 0 aliphatic rings. The van der Waals surface area contributed by atoms with Crippen LogP contribution in [0.5, 0.6) is 0 Å². The fraction of sp³-hybridized carbons (Fsp3) is 0.167. The number of nitrogens with zero attached hydrogens (tertiary/aromatic N) is 1. The van der Waals surface area contributed by atoms with Gasteiger partial charge in [0.05, 0.1) is 12.3 Å². The molecule has 1 rings (SSSR count). The van der Waals surface area contributed by atoms with Gasteiger partial charge in [-0.25, -0.2) is 9.59 Å². The van der Waals surface area contributed by atoms with E-state index in [9.17, 15) is 9.59 Å². The normalized spacial score (nSPS) is 8.06. The maximum atomic E-state index is 10.1. The molecule has 1 aromatic carbocycles. The minimum atomic E-state index is -0.501. The monoisotopic (exact) mass is 235 g/mol. The Bertz CT molecular complexity index is 383. The van der Waals surface area contributed by atoms with Gasteiger partial charge in [0.15, 0.2) is 0 Å². The molecular weight excluding hydrogens is 222 g/mol. The van der Waals surface area contributed by atoms with Crippen molar-refractivity contribution in [2.45, 2.75) is 0 Å². The Morgan fingerprint density at radius 1 is 1.47 bits per heavy atom. The zero-order valence-electron chi connectivity index (χ0n) is 9.20. The molecule has 0 radical (unpaired) electrons. The van der Waals surface area contributed by atoms with Gasteiger partial charge < -0.3 is 9.84 Å². The third-order valence-electron chi connectivity index (χ3n) is 1.43. The van der Waals surface area contributed by atoms with Crippen molar-refractivity contribution in [3.05, 3.63) is 43.0 Å². The first-order chi connectivity index (χ1) is 8.24. The van der Waals surface area contributed by atoms with Gasteiger partial charge in [-0.3, -0.25) is 0 Å². The van der Waals surface area contributed by atoms with Crippen LogP contribution in [0.2, 0.25) is 0 Å². The number of ether oxygens (including phenoxy) is 1. The van der Waals surface area contributed by atoms with Gasteiger partial charge in [-0.2, -0.15) is 4.99 Å². The van der Waals surface area contributed by atoms with Crippen molar-refractivity contribution < 1.29 is 19.4 Å². The Morgan fingerprint density at radius 2 is 2.12 bits per heavy atom. The molecule has 0 unspecified atom stereocenters. The Hall–Kier alpha value is -2.23. The number of benzene rings is 1. The lowest BCUT2D eigenvalue weighted by molar-refractivity contribution is -0.138. The molecule has 5 nitrogen and oxygen atoms in total. The molecule has 0 saturated carbocycles. The van der Waals surface area contributed by atoms with Crippen LogP contribution in [0.3, 0.4) is 0 Å². The van der Waals surface area contributed by atoms with Crippen molar-refractivity contribution in [3.8, 4) is 0 Å². The quantitative estimate of drug-likeness (QED) is 0.370. The first kappa shape index (κ1) is 14.8. The number of aliphatic hydroxyl groups is 1. The first-order valence-corrected chi connectivity index (χ1v) is 4.77. The zero-order chi connectivity index (χ0) is 12.9. The fourth-order valence-electron chi connectivity index (χ4n) is 0.760. The lowest BCUT2D eigenvalue weighted by atomic mass is 10.3. The van der Waals surface area contributed by atoms with Crippen molar-refractivity contribution >= 4 is 17.7 Å². The standard InChI is InChI=1S/C7H5NO.C5H8O3/c9-6-8-7-4-2-1-3-5-7;1-2-5(7)8-4-3-6/h1-5H;2,6H,1,3-4H2. The number of para-hydroxylation sites is 1. The Balaban J connectivity index is 0.000000304. The van der Waals surface area contributed by atoms with E-state index < -0.39 is 5.97 Å². The molecule has 1 aromatic rings. The van der Waals surface area contributed by atoms with Gasteiger partial charge in [0.25, 0.3) is 0 Å². The Kier molecular flexibility index (Phi) is 8.94. The molecule has 0 saturated heterocycles. The topological polar surface area (TPSA) is 76.0 Å². The number of aliphatic hydroxyl groups excluding tert-OH is 1. The molecule has 0 aliphatic carbocycles. The summed E-state index contributed by atoms with van der Waals surface area (Å²) in [4.78, 5) is 23.2. The molecule has 0 fully saturated rings. The average molecular weight is 235 g/mol. The zero-order valence-corrected chi connectivity index (χ0v) is 9.20. The van der Waals surface area contributed by atoms with E-state index in [0.717, 1.165) is 6.08 Å². The highest BCUT2D eigenvalue weighted by molar-refractivity contribution is 5.81. The summed E-state index contributed by atoms with van der Waals surface area (Å²) < 4.78 is 4.33. The van der Waals surface area contributed by atoms with Gasteiger partial charge in [-0.1, -0.05) is 24.8 Å². The summed E-state index contributed by atoms with van der Waals surface area (Å²) in [5.41, 5.74) is 0.646. The summed E-state index contributed by atoms with van der Waals surface area (Å²) in [5, 5.41) is 8.10. The summed E-state index contributed by atoms with van der Waals surface area (Å²) in [6, 6.07) is 8.98. The minimum absolute atomic E-state index is 0.0465. The minimum Gasteiger partial charge on any atom is -0.460 e. The van der Waals surface area contributed by atoms with Crippen LogP contribution in [0.25, 0.3) is 0 Å². The summed E-state index contributed by atoms with van der Waals surface area (Å²) in [6.45, 7) is 3.06. The summed E-state index contributed by atoms with van der Waals surface area (Å²) in [5.74, 6) is -0.501. The average Bonchev–Trinajstić information content (AvgIpc) is 2.38. The lowest BCUT2D eigenvalue weighted by Crippen LogP contribution is -2.04. The van der Waals surface area contributed by atoms with E-state index in [0.29, 0.717) is 5.69 Å².